The van der Waals surface area contributed by atoms with Crippen LogP contribution in [0.15, 0.2) is 98.0 Å². The minimum absolute atomic E-state index is 0.00124. The highest BCUT2D eigenvalue weighted by Crippen LogP contribution is 2.46. The van der Waals surface area contributed by atoms with Crippen LogP contribution in [0.1, 0.15) is 30.1 Å². The molecule has 0 saturated carbocycles. The molecule has 3 aromatic rings. The molecule has 3 aromatic carbocycles. The van der Waals surface area contributed by atoms with Crippen molar-refractivity contribution < 1.29 is 14.6 Å². The number of aliphatic hydroxyl groups is 1. The first-order valence-corrected chi connectivity index (χ1v) is 13.5. The Labute approximate surface area is 225 Å². The predicted molar refractivity (Wildman–Crippen MR) is 144 cm³/mol. The topological polar surface area (TPSA) is 58.6 Å². The Kier molecular flexibility index (Phi) is 8.43. The fraction of sp³-hybridized carbons (Fsp3) is 0.192. The Hall–Kier alpha value is -1.77. The molecule has 0 spiro atoms. The lowest BCUT2D eigenvalue weighted by atomic mass is 9.88. The Morgan fingerprint density at radius 1 is 1.00 bits per heavy atom. The van der Waals surface area contributed by atoms with E-state index < -0.39 is 17.3 Å². The average Bonchev–Trinajstić information content (AvgIpc) is 2.82. The molecule has 2 N–H and O–H groups in total. The summed E-state index contributed by atoms with van der Waals surface area (Å²) in [6.45, 7) is 1.96. The first-order valence-electron chi connectivity index (χ1n) is 10.7. The number of benzene rings is 3. The van der Waals surface area contributed by atoms with E-state index in [1.165, 1.54) is 11.8 Å². The number of rotatable bonds is 6. The lowest BCUT2D eigenvalue weighted by Gasteiger charge is -2.38. The molecule has 0 aliphatic carbocycles. The van der Waals surface area contributed by atoms with E-state index in [-0.39, 0.29) is 24.0 Å². The highest BCUT2D eigenvalue weighted by atomic mass is 79.9. The van der Waals surface area contributed by atoms with Crippen molar-refractivity contribution in [1.29, 1.82) is 0 Å². The number of ether oxygens (including phenoxy) is 1. The smallest absolute Gasteiger partial charge is 0.339 e. The molecule has 34 heavy (non-hydrogen) atoms. The van der Waals surface area contributed by atoms with Crippen molar-refractivity contribution in [2.75, 3.05) is 6.61 Å². The van der Waals surface area contributed by atoms with E-state index >= 15 is 0 Å². The molecule has 0 bridgehead atoms. The number of carbonyl (C=O) groups excluding carboxylic acids is 1. The maximum absolute atomic E-state index is 13.1. The highest BCUT2D eigenvalue weighted by molar-refractivity contribution is 9.10. The van der Waals surface area contributed by atoms with Crippen molar-refractivity contribution in [3.63, 3.8) is 0 Å². The fourth-order valence-corrected chi connectivity index (χ4v) is 6.32. The number of halogens is 3. The van der Waals surface area contributed by atoms with E-state index in [9.17, 15) is 9.90 Å². The van der Waals surface area contributed by atoms with Crippen molar-refractivity contribution >= 4 is 61.2 Å². The molecule has 1 aliphatic rings. The van der Waals surface area contributed by atoms with E-state index in [0.717, 1.165) is 25.0 Å². The SMILES string of the molecule is CCOC(=O)C1=C(O)[C@H](Sc2ccc(Cl)cc2)[C@H](c2ccccc2Br)N[C@@H]1c1ccccc1Br. The Balaban J connectivity index is 1.89. The second-order valence-corrected chi connectivity index (χ2v) is 11.0. The minimum atomic E-state index is -0.575. The van der Waals surface area contributed by atoms with Gasteiger partial charge in [0, 0.05) is 18.9 Å². The van der Waals surface area contributed by atoms with Crippen LogP contribution in [0.2, 0.25) is 5.02 Å². The van der Waals surface area contributed by atoms with Crippen LogP contribution in [-0.4, -0.2) is 22.9 Å². The van der Waals surface area contributed by atoms with Crippen LogP contribution in [0.5, 0.6) is 0 Å². The van der Waals surface area contributed by atoms with Gasteiger partial charge in [-0.1, -0.05) is 79.9 Å². The zero-order valence-corrected chi connectivity index (χ0v) is 22.9. The summed E-state index contributed by atoms with van der Waals surface area (Å²) in [5.74, 6) is -0.542. The standard InChI is InChI=1S/C26H22Br2ClNO3S/c1-2-33-26(32)21-22(17-7-3-5-9-19(17)27)30-23(18-8-4-6-10-20(18)28)25(24(21)31)34-16-13-11-15(29)12-14-16/h3-14,22-23,25,30-31H,2H2,1H3/t22-,23+,25-/m1/s1. The summed E-state index contributed by atoms with van der Waals surface area (Å²) < 4.78 is 7.11. The van der Waals surface area contributed by atoms with Gasteiger partial charge in [0.2, 0.25) is 0 Å². The summed E-state index contributed by atoms with van der Waals surface area (Å²) in [5, 5.41) is 15.4. The third kappa shape index (κ3) is 5.39. The first kappa shape index (κ1) is 25.3. The number of thioether (sulfide) groups is 1. The van der Waals surface area contributed by atoms with Gasteiger partial charge < -0.3 is 9.84 Å². The van der Waals surface area contributed by atoms with Gasteiger partial charge in [0.25, 0.3) is 0 Å². The number of nitrogens with one attached hydrogen (secondary N) is 1. The molecule has 0 amide bonds. The van der Waals surface area contributed by atoms with Crippen LogP contribution >= 0.6 is 55.2 Å². The quantitative estimate of drug-likeness (QED) is 0.275. The number of carbonyl (C=O) groups is 1. The van der Waals surface area contributed by atoms with Crippen molar-refractivity contribution in [3.05, 3.63) is 109 Å². The van der Waals surface area contributed by atoms with Crippen molar-refractivity contribution in [2.45, 2.75) is 29.2 Å². The van der Waals surface area contributed by atoms with Gasteiger partial charge in [0.15, 0.2) is 0 Å². The van der Waals surface area contributed by atoms with Crippen LogP contribution in [-0.2, 0) is 9.53 Å². The van der Waals surface area contributed by atoms with Crippen LogP contribution < -0.4 is 5.32 Å². The molecular formula is C26H22Br2ClNO3S. The molecule has 1 heterocycles. The molecule has 4 rings (SSSR count). The van der Waals surface area contributed by atoms with Crippen LogP contribution in [0.4, 0.5) is 0 Å². The van der Waals surface area contributed by atoms with E-state index in [1.54, 1.807) is 6.92 Å². The molecule has 4 nitrogen and oxygen atoms in total. The Morgan fingerprint density at radius 2 is 1.59 bits per heavy atom. The second kappa shape index (κ2) is 11.3. The summed E-state index contributed by atoms with van der Waals surface area (Å²) in [7, 11) is 0. The molecule has 0 fully saturated rings. The maximum atomic E-state index is 13.1. The van der Waals surface area contributed by atoms with Gasteiger partial charge in [0.05, 0.1) is 29.5 Å². The largest absolute Gasteiger partial charge is 0.510 e. The average molecular weight is 624 g/mol. The zero-order chi connectivity index (χ0) is 24.2. The van der Waals surface area contributed by atoms with Gasteiger partial charge in [0.1, 0.15) is 5.76 Å². The first-order chi connectivity index (χ1) is 16.4. The van der Waals surface area contributed by atoms with E-state index in [1.807, 2.05) is 72.8 Å². The van der Waals surface area contributed by atoms with Gasteiger partial charge in [-0.15, -0.1) is 11.8 Å². The van der Waals surface area contributed by atoms with Crippen LogP contribution in [0.25, 0.3) is 0 Å². The van der Waals surface area contributed by atoms with E-state index in [2.05, 4.69) is 37.2 Å². The molecule has 0 radical (unpaired) electrons. The molecule has 0 saturated heterocycles. The lowest BCUT2D eigenvalue weighted by Crippen LogP contribution is -2.43. The molecule has 8 heteroatoms. The molecule has 1 aliphatic heterocycles. The van der Waals surface area contributed by atoms with Gasteiger partial charge in [-0.25, -0.2) is 4.79 Å². The number of aliphatic hydroxyl groups excluding tert-OH is 1. The van der Waals surface area contributed by atoms with Crippen molar-refractivity contribution in [1.82, 2.24) is 5.32 Å². The molecular weight excluding hydrogens is 602 g/mol. The van der Waals surface area contributed by atoms with Gasteiger partial charge in [-0.05, 0) is 54.4 Å². The number of hydrogen-bond acceptors (Lipinski definition) is 5. The number of hydrogen-bond donors (Lipinski definition) is 2. The van der Waals surface area contributed by atoms with Crippen molar-refractivity contribution in [3.8, 4) is 0 Å². The predicted octanol–water partition coefficient (Wildman–Crippen LogP) is 7.79. The van der Waals surface area contributed by atoms with Crippen LogP contribution in [0, 0.1) is 0 Å². The summed E-state index contributed by atoms with van der Waals surface area (Å²) >= 11 is 14.8. The minimum Gasteiger partial charge on any atom is -0.510 e. The summed E-state index contributed by atoms with van der Waals surface area (Å²) in [4.78, 5) is 14.0. The fourth-order valence-electron chi connectivity index (χ4n) is 3.96. The Bertz CT molecular complexity index is 1220. The lowest BCUT2D eigenvalue weighted by molar-refractivity contribution is -0.139. The second-order valence-electron chi connectivity index (χ2n) is 7.63. The summed E-state index contributed by atoms with van der Waals surface area (Å²) in [6.07, 6.45) is 0. The monoisotopic (exact) mass is 621 g/mol. The van der Waals surface area contributed by atoms with Gasteiger partial charge in [-0.3, -0.25) is 5.32 Å². The molecule has 3 atom stereocenters. The highest BCUT2D eigenvalue weighted by Gasteiger charge is 2.43. The third-order valence-corrected chi connectivity index (χ3v) is 8.50. The van der Waals surface area contributed by atoms with Gasteiger partial charge >= 0.3 is 5.97 Å². The third-order valence-electron chi connectivity index (χ3n) is 5.51. The van der Waals surface area contributed by atoms with E-state index in [4.69, 9.17) is 16.3 Å². The zero-order valence-electron chi connectivity index (χ0n) is 18.2. The van der Waals surface area contributed by atoms with E-state index in [0.29, 0.717) is 5.02 Å². The summed E-state index contributed by atoms with van der Waals surface area (Å²) in [5.41, 5.74) is 2.02. The Morgan fingerprint density at radius 3 is 2.18 bits per heavy atom. The molecule has 0 aromatic heterocycles. The van der Waals surface area contributed by atoms with Crippen LogP contribution in [0.3, 0.4) is 0 Å². The summed E-state index contributed by atoms with van der Waals surface area (Å²) in [6, 6.07) is 22.1. The molecule has 176 valence electrons. The number of esters is 1. The molecule has 0 unspecified atom stereocenters. The van der Waals surface area contributed by atoms with Crippen molar-refractivity contribution in [2.24, 2.45) is 0 Å². The van der Waals surface area contributed by atoms with Gasteiger partial charge in [-0.2, -0.15) is 0 Å². The maximum Gasteiger partial charge on any atom is 0.339 e. The normalized spacial score (nSPS) is 20.3.